The second-order valence-corrected chi connectivity index (χ2v) is 4.62. The predicted molar refractivity (Wildman–Crippen MR) is 61.5 cm³/mol. The van der Waals surface area contributed by atoms with Crippen LogP contribution in [-0.4, -0.2) is 28.1 Å². The molecule has 1 N–H and O–H groups in total. The molecule has 0 bridgehead atoms. The zero-order valence-corrected chi connectivity index (χ0v) is 10.2. The highest BCUT2D eigenvalue weighted by Gasteiger charge is 2.36. The van der Waals surface area contributed by atoms with Crippen LogP contribution < -0.4 is 0 Å². The van der Waals surface area contributed by atoms with Gasteiger partial charge in [-0.25, -0.2) is 0 Å². The van der Waals surface area contributed by atoms with Crippen LogP contribution in [0.25, 0.3) is 0 Å². The lowest BCUT2D eigenvalue weighted by Gasteiger charge is -2.32. The average Bonchev–Trinajstić information content (AvgIpc) is 2.62. The van der Waals surface area contributed by atoms with Crippen molar-refractivity contribution in [2.24, 2.45) is 0 Å². The summed E-state index contributed by atoms with van der Waals surface area (Å²) in [6.45, 7) is 4.01. The van der Waals surface area contributed by atoms with Crippen molar-refractivity contribution in [2.45, 2.75) is 38.3 Å². The maximum absolute atomic E-state index is 10.6. The van der Waals surface area contributed by atoms with Gasteiger partial charge in [-0.15, -0.1) is 0 Å². The van der Waals surface area contributed by atoms with Gasteiger partial charge < -0.3 is 9.84 Å². The molecule has 1 aliphatic heterocycles. The lowest BCUT2D eigenvalue weighted by Crippen LogP contribution is -2.36. The van der Waals surface area contributed by atoms with Crippen molar-refractivity contribution in [3.63, 3.8) is 0 Å². The molecule has 0 aliphatic carbocycles. The molecule has 16 heavy (non-hydrogen) atoms. The Balaban J connectivity index is 2.33. The molecule has 0 spiro atoms. The first-order valence-corrected chi connectivity index (χ1v) is 6.07. The van der Waals surface area contributed by atoms with Crippen LogP contribution in [0.3, 0.4) is 0 Å². The van der Waals surface area contributed by atoms with Crippen molar-refractivity contribution in [3.8, 4) is 0 Å². The van der Waals surface area contributed by atoms with E-state index in [1.807, 2.05) is 4.68 Å². The van der Waals surface area contributed by atoms with E-state index < -0.39 is 5.60 Å². The third-order valence-electron chi connectivity index (χ3n) is 2.99. The van der Waals surface area contributed by atoms with Gasteiger partial charge in [0.15, 0.2) is 0 Å². The molecule has 0 radical (unpaired) electrons. The molecular weight excluding hydrogens is 228 g/mol. The van der Waals surface area contributed by atoms with Crippen LogP contribution in [0.1, 0.15) is 31.9 Å². The van der Waals surface area contributed by atoms with Gasteiger partial charge >= 0.3 is 0 Å². The van der Waals surface area contributed by atoms with E-state index in [0.717, 1.165) is 18.7 Å². The maximum atomic E-state index is 10.6. The molecule has 1 fully saturated rings. The number of halogens is 1. The van der Waals surface area contributed by atoms with Gasteiger partial charge in [0.05, 0.1) is 16.9 Å². The van der Waals surface area contributed by atoms with Gasteiger partial charge in [0.25, 0.3) is 0 Å². The molecule has 1 aromatic heterocycles. The fraction of sp³-hybridized carbons (Fsp3) is 0.727. The summed E-state index contributed by atoms with van der Waals surface area (Å²) in [5.74, 6) is 0. The first-order chi connectivity index (χ1) is 7.67. The number of nitrogens with zero attached hydrogens (tertiary/aromatic N) is 2. The van der Waals surface area contributed by atoms with Gasteiger partial charge in [0, 0.05) is 32.6 Å². The minimum atomic E-state index is -0.874. The normalized spacial score (nSPS) is 19.9. The van der Waals surface area contributed by atoms with Crippen molar-refractivity contribution in [1.29, 1.82) is 0 Å². The Hall–Kier alpha value is -0.580. The SMILES string of the molecule is CCCn1ncc(Cl)c1C1(O)CCOCC1. The van der Waals surface area contributed by atoms with E-state index in [1.165, 1.54) is 0 Å². The fourth-order valence-electron chi connectivity index (χ4n) is 2.15. The molecule has 90 valence electrons. The molecular formula is C11H17ClN2O2. The van der Waals surface area contributed by atoms with Crippen LogP contribution in [0, 0.1) is 0 Å². The van der Waals surface area contributed by atoms with Crippen molar-refractivity contribution < 1.29 is 9.84 Å². The molecule has 1 aliphatic rings. The van der Waals surface area contributed by atoms with Crippen LogP contribution >= 0.6 is 11.6 Å². The molecule has 1 saturated heterocycles. The summed E-state index contributed by atoms with van der Waals surface area (Å²) in [6, 6.07) is 0. The molecule has 5 heteroatoms. The summed E-state index contributed by atoms with van der Waals surface area (Å²) in [6.07, 6.45) is 3.75. The maximum Gasteiger partial charge on any atom is 0.112 e. The number of aromatic nitrogens is 2. The highest BCUT2D eigenvalue weighted by atomic mass is 35.5. The number of rotatable bonds is 3. The first kappa shape index (κ1) is 11.9. The Kier molecular flexibility index (Phi) is 3.52. The molecule has 0 amide bonds. The predicted octanol–water partition coefficient (Wildman–Crippen LogP) is 1.94. The fourth-order valence-corrected chi connectivity index (χ4v) is 2.47. The van der Waals surface area contributed by atoms with Gasteiger partial charge in [-0.3, -0.25) is 4.68 Å². The molecule has 0 saturated carbocycles. The Bertz CT molecular complexity index is 359. The molecule has 4 nitrogen and oxygen atoms in total. The standard InChI is InChI=1S/C11H17ClN2O2/c1-2-5-14-10(9(12)8-13-14)11(15)3-6-16-7-4-11/h8,15H,2-7H2,1H3. The highest BCUT2D eigenvalue weighted by molar-refractivity contribution is 6.31. The molecule has 0 aromatic carbocycles. The zero-order valence-electron chi connectivity index (χ0n) is 9.45. The summed E-state index contributed by atoms with van der Waals surface area (Å²) < 4.78 is 7.08. The number of hydrogen-bond acceptors (Lipinski definition) is 3. The summed E-state index contributed by atoms with van der Waals surface area (Å²) in [4.78, 5) is 0. The van der Waals surface area contributed by atoms with Crippen LogP contribution in [-0.2, 0) is 16.9 Å². The lowest BCUT2D eigenvalue weighted by molar-refractivity contribution is -0.0729. The average molecular weight is 245 g/mol. The third kappa shape index (κ3) is 2.10. The molecule has 2 rings (SSSR count). The third-order valence-corrected chi connectivity index (χ3v) is 3.27. The van der Waals surface area contributed by atoms with Crippen molar-refractivity contribution in [1.82, 2.24) is 9.78 Å². The Morgan fingerprint density at radius 1 is 1.56 bits per heavy atom. The van der Waals surface area contributed by atoms with E-state index in [4.69, 9.17) is 16.3 Å². The molecule has 2 heterocycles. The summed E-state index contributed by atoms with van der Waals surface area (Å²) in [5.41, 5.74) is -0.125. The smallest absolute Gasteiger partial charge is 0.112 e. The van der Waals surface area contributed by atoms with Gasteiger partial charge in [0.1, 0.15) is 5.60 Å². The number of hydrogen-bond donors (Lipinski definition) is 1. The van der Waals surface area contributed by atoms with Crippen LogP contribution in [0.5, 0.6) is 0 Å². The van der Waals surface area contributed by atoms with E-state index in [2.05, 4.69) is 12.0 Å². The van der Waals surface area contributed by atoms with E-state index in [0.29, 0.717) is 31.1 Å². The van der Waals surface area contributed by atoms with E-state index in [1.54, 1.807) is 6.20 Å². The van der Waals surface area contributed by atoms with E-state index in [9.17, 15) is 5.11 Å². The van der Waals surface area contributed by atoms with Crippen molar-refractivity contribution in [3.05, 3.63) is 16.9 Å². The minimum Gasteiger partial charge on any atom is -0.383 e. The first-order valence-electron chi connectivity index (χ1n) is 5.69. The second-order valence-electron chi connectivity index (χ2n) is 4.21. The van der Waals surface area contributed by atoms with E-state index in [-0.39, 0.29) is 0 Å². The monoisotopic (exact) mass is 244 g/mol. The van der Waals surface area contributed by atoms with Crippen LogP contribution in [0.2, 0.25) is 5.02 Å². The van der Waals surface area contributed by atoms with Gasteiger partial charge in [0.2, 0.25) is 0 Å². The van der Waals surface area contributed by atoms with Crippen LogP contribution in [0.4, 0.5) is 0 Å². The Labute approximate surface area is 100 Å². The second kappa shape index (κ2) is 4.73. The largest absolute Gasteiger partial charge is 0.383 e. The summed E-state index contributed by atoms with van der Waals surface area (Å²) in [7, 11) is 0. The molecule has 0 unspecified atom stereocenters. The number of aryl methyl sites for hydroxylation is 1. The lowest BCUT2D eigenvalue weighted by atomic mass is 9.90. The Morgan fingerprint density at radius 3 is 2.88 bits per heavy atom. The molecule has 1 aromatic rings. The van der Waals surface area contributed by atoms with Crippen LogP contribution in [0.15, 0.2) is 6.20 Å². The number of ether oxygens (including phenoxy) is 1. The van der Waals surface area contributed by atoms with Crippen molar-refractivity contribution >= 4 is 11.6 Å². The highest BCUT2D eigenvalue weighted by Crippen LogP contribution is 2.36. The zero-order chi connectivity index (χ0) is 11.6. The van der Waals surface area contributed by atoms with Gasteiger partial charge in [-0.2, -0.15) is 5.10 Å². The summed E-state index contributed by atoms with van der Waals surface area (Å²) in [5, 5.41) is 15.4. The van der Waals surface area contributed by atoms with Crippen molar-refractivity contribution in [2.75, 3.05) is 13.2 Å². The molecule has 0 atom stereocenters. The number of aliphatic hydroxyl groups is 1. The quantitative estimate of drug-likeness (QED) is 0.884. The topological polar surface area (TPSA) is 47.3 Å². The Morgan fingerprint density at radius 2 is 2.25 bits per heavy atom. The minimum absolute atomic E-state index is 0.554. The summed E-state index contributed by atoms with van der Waals surface area (Å²) >= 11 is 6.12. The van der Waals surface area contributed by atoms with Gasteiger partial charge in [-0.1, -0.05) is 18.5 Å². The van der Waals surface area contributed by atoms with E-state index >= 15 is 0 Å². The van der Waals surface area contributed by atoms with Gasteiger partial charge in [-0.05, 0) is 6.42 Å².